The van der Waals surface area contributed by atoms with E-state index in [0.717, 1.165) is 11.8 Å². The lowest BCUT2D eigenvalue weighted by Crippen LogP contribution is -2.15. The molecule has 2 rings (SSSR count). The molecule has 0 aliphatic carbocycles. The van der Waals surface area contributed by atoms with Crippen LogP contribution in [-0.4, -0.2) is 33.1 Å². The van der Waals surface area contributed by atoms with Crippen LogP contribution in [0.3, 0.4) is 0 Å². The maximum absolute atomic E-state index is 12.2. The zero-order valence-corrected chi connectivity index (χ0v) is 16.9. The summed E-state index contributed by atoms with van der Waals surface area (Å²) in [5, 5.41) is 5.49. The average molecular weight is 404 g/mol. The molecule has 0 saturated heterocycles. The quantitative estimate of drug-likeness (QED) is 0.658. The molecule has 0 saturated carbocycles. The van der Waals surface area contributed by atoms with E-state index in [4.69, 9.17) is 4.74 Å². The van der Waals surface area contributed by atoms with Crippen molar-refractivity contribution in [2.75, 3.05) is 23.5 Å². The second-order valence-corrected chi connectivity index (χ2v) is 8.49. The standard InChI is InChI=1S/C20H24N2O5S/c1-14-6-11-18(21-15(2)23)19(13-14)22-20(24)5-4-12-27-16-7-9-17(10-8-16)28(3,25)26/h6-11,13H,4-5,12H2,1-3H3,(H,21,23)(H,22,24). The lowest BCUT2D eigenvalue weighted by atomic mass is 10.2. The minimum Gasteiger partial charge on any atom is -0.494 e. The van der Waals surface area contributed by atoms with E-state index in [1.165, 1.54) is 19.1 Å². The Hall–Kier alpha value is -2.87. The molecule has 2 amide bonds. The molecule has 2 aromatic carbocycles. The zero-order chi connectivity index (χ0) is 20.7. The molecule has 8 heteroatoms. The summed E-state index contributed by atoms with van der Waals surface area (Å²) in [5.41, 5.74) is 2.07. The van der Waals surface area contributed by atoms with Gasteiger partial charge in [0.05, 0.1) is 22.9 Å². The summed E-state index contributed by atoms with van der Waals surface area (Å²) in [6.07, 6.45) is 1.88. The summed E-state index contributed by atoms with van der Waals surface area (Å²) in [6.45, 7) is 3.62. The Morgan fingerprint density at radius 3 is 2.29 bits per heavy atom. The van der Waals surface area contributed by atoms with Gasteiger partial charge >= 0.3 is 0 Å². The van der Waals surface area contributed by atoms with Crippen molar-refractivity contribution in [3.63, 3.8) is 0 Å². The van der Waals surface area contributed by atoms with Crippen molar-refractivity contribution in [3.05, 3.63) is 48.0 Å². The normalized spacial score (nSPS) is 11.0. The van der Waals surface area contributed by atoms with Crippen LogP contribution in [0.4, 0.5) is 11.4 Å². The van der Waals surface area contributed by atoms with Crippen LogP contribution in [-0.2, 0) is 19.4 Å². The number of sulfone groups is 1. The molecule has 28 heavy (non-hydrogen) atoms. The second kappa shape index (κ2) is 9.36. The Labute approximate surface area is 165 Å². The summed E-state index contributed by atoms with van der Waals surface area (Å²) >= 11 is 0. The molecule has 150 valence electrons. The van der Waals surface area contributed by atoms with Crippen LogP contribution in [0.15, 0.2) is 47.4 Å². The molecule has 0 bridgehead atoms. The van der Waals surface area contributed by atoms with Gasteiger partial charge in [0.2, 0.25) is 11.8 Å². The van der Waals surface area contributed by atoms with Crippen LogP contribution >= 0.6 is 0 Å². The van der Waals surface area contributed by atoms with Crippen LogP contribution in [0.25, 0.3) is 0 Å². The molecule has 0 spiro atoms. The number of ether oxygens (including phenoxy) is 1. The minimum atomic E-state index is -3.23. The first kappa shape index (κ1) is 21.4. The summed E-state index contributed by atoms with van der Waals surface area (Å²) in [5.74, 6) is 0.141. The predicted octanol–water partition coefficient (Wildman–Crippen LogP) is 3.15. The Morgan fingerprint density at radius 1 is 1.00 bits per heavy atom. The summed E-state index contributed by atoms with van der Waals surface area (Å²) in [7, 11) is -3.23. The molecule has 2 aromatic rings. The number of carbonyl (C=O) groups is 2. The van der Waals surface area contributed by atoms with Gasteiger partial charge in [0, 0.05) is 19.6 Å². The largest absolute Gasteiger partial charge is 0.494 e. The first-order valence-electron chi connectivity index (χ1n) is 8.76. The highest BCUT2D eigenvalue weighted by Crippen LogP contribution is 2.23. The van der Waals surface area contributed by atoms with Crippen LogP contribution in [0.2, 0.25) is 0 Å². The van der Waals surface area contributed by atoms with Gasteiger partial charge in [-0.25, -0.2) is 8.42 Å². The number of carbonyl (C=O) groups excluding carboxylic acids is 2. The number of nitrogens with one attached hydrogen (secondary N) is 2. The third-order valence-electron chi connectivity index (χ3n) is 3.83. The molecule has 0 aromatic heterocycles. The number of rotatable bonds is 8. The maximum Gasteiger partial charge on any atom is 0.224 e. The molecule has 0 heterocycles. The van der Waals surface area contributed by atoms with Crippen LogP contribution < -0.4 is 15.4 Å². The van der Waals surface area contributed by atoms with Gasteiger partial charge in [0.25, 0.3) is 0 Å². The number of amides is 2. The Kier molecular flexibility index (Phi) is 7.17. The van der Waals surface area contributed by atoms with E-state index in [1.807, 2.05) is 13.0 Å². The lowest BCUT2D eigenvalue weighted by molar-refractivity contribution is -0.116. The van der Waals surface area contributed by atoms with Crippen molar-refractivity contribution in [2.24, 2.45) is 0 Å². The van der Waals surface area contributed by atoms with E-state index in [0.29, 0.717) is 30.2 Å². The van der Waals surface area contributed by atoms with E-state index >= 15 is 0 Å². The fraction of sp³-hybridized carbons (Fsp3) is 0.300. The van der Waals surface area contributed by atoms with Gasteiger partial charge in [0.1, 0.15) is 5.75 Å². The fourth-order valence-corrected chi connectivity index (χ4v) is 3.11. The first-order valence-corrected chi connectivity index (χ1v) is 10.7. The first-order chi connectivity index (χ1) is 13.1. The number of benzene rings is 2. The number of anilines is 2. The van der Waals surface area contributed by atoms with E-state index in [1.54, 1.807) is 24.3 Å². The predicted molar refractivity (Wildman–Crippen MR) is 108 cm³/mol. The Bertz CT molecular complexity index is 953. The molecule has 0 aliphatic heterocycles. The third-order valence-corrected chi connectivity index (χ3v) is 4.96. The van der Waals surface area contributed by atoms with Crippen LogP contribution in [0.1, 0.15) is 25.3 Å². The van der Waals surface area contributed by atoms with Crippen LogP contribution in [0, 0.1) is 6.92 Å². The van der Waals surface area contributed by atoms with Crippen molar-refractivity contribution in [2.45, 2.75) is 31.6 Å². The monoisotopic (exact) mass is 404 g/mol. The smallest absolute Gasteiger partial charge is 0.224 e. The number of aryl methyl sites for hydroxylation is 1. The van der Waals surface area contributed by atoms with Crippen LogP contribution in [0.5, 0.6) is 5.75 Å². The van der Waals surface area contributed by atoms with Gasteiger partial charge in [-0.15, -0.1) is 0 Å². The SMILES string of the molecule is CC(=O)Nc1ccc(C)cc1NC(=O)CCCOc1ccc(S(C)(=O)=O)cc1. The van der Waals surface area contributed by atoms with Gasteiger partial charge in [0.15, 0.2) is 9.84 Å². The zero-order valence-electron chi connectivity index (χ0n) is 16.1. The topological polar surface area (TPSA) is 102 Å². The van der Waals surface area contributed by atoms with Crippen molar-refractivity contribution < 1.29 is 22.7 Å². The lowest BCUT2D eigenvalue weighted by Gasteiger charge is -2.12. The Balaban J connectivity index is 1.83. The van der Waals surface area contributed by atoms with Crippen molar-refractivity contribution in [3.8, 4) is 5.75 Å². The third kappa shape index (κ3) is 6.70. The van der Waals surface area contributed by atoms with Gasteiger partial charge in [-0.1, -0.05) is 6.07 Å². The molecule has 0 radical (unpaired) electrons. The average Bonchev–Trinajstić information content (AvgIpc) is 2.60. The second-order valence-electron chi connectivity index (χ2n) is 6.47. The Morgan fingerprint density at radius 2 is 1.68 bits per heavy atom. The highest BCUT2D eigenvalue weighted by molar-refractivity contribution is 7.90. The van der Waals surface area contributed by atoms with Gasteiger partial charge < -0.3 is 15.4 Å². The molecule has 0 atom stereocenters. The molecule has 2 N–H and O–H groups in total. The van der Waals surface area contributed by atoms with E-state index in [-0.39, 0.29) is 23.1 Å². The molecule has 0 unspecified atom stereocenters. The maximum atomic E-state index is 12.2. The van der Waals surface area contributed by atoms with E-state index < -0.39 is 9.84 Å². The summed E-state index contributed by atoms with van der Waals surface area (Å²) in [6, 6.07) is 11.5. The van der Waals surface area contributed by atoms with Crippen molar-refractivity contribution >= 4 is 33.0 Å². The van der Waals surface area contributed by atoms with Crippen molar-refractivity contribution in [1.29, 1.82) is 0 Å². The van der Waals surface area contributed by atoms with E-state index in [9.17, 15) is 18.0 Å². The van der Waals surface area contributed by atoms with E-state index in [2.05, 4.69) is 10.6 Å². The molecule has 0 aliphatic rings. The molecular weight excluding hydrogens is 380 g/mol. The highest BCUT2D eigenvalue weighted by atomic mass is 32.2. The minimum absolute atomic E-state index is 0.187. The van der Waals surface area contributed by atoms with Gasteiger partial charge in [-0.3, -0.25) is 9.59 Å². The summed E-state index contributed by atoms with van der Waals surface area (Å²) in [4.78, 5) is 23.7. The molecule has 7 nitrogen and oxygen atoms in total. The number of hydrogen-bond acceptors (Lipinski definition) is 5. The molecular formula is C20H24N2O5S. The van der Waals surface area contributed by atoms with Crippen molar-refractivity contribution in [1.82, 2.24) is 0 Å². The van der Waals surface area contributed by atoms with Gasteiger partial charge in [-0.2, -0.15) is 0 Å². The number of hydrogen-bond donors (Lipinski definition) is 2. The fourth-order valence-electron chi connectivity index (χ4n) is 2.48. The summed E-state index contributed by atoms with van der Waals surface area (Å²) < 4.78 is 28.4. The highest BCUT2D eigenvalue weighted by Gasteiger charge is 2.09. The van der Waals surface area contributed by atoms with Gasteiger partial charge in [-0.05, 0) is 55.3 Å². The molecule has 0 fully saturated rings.